The Balaban J connectivity index is 0.000000810. The summed E-state index contributed by atoms with van der Waals surface area (Å²) in [5.74, 6) is -0.417. The second-order valence-electron chi connectivity index (χ2n) is 1.67. The van der Waals surface area contributed by atoms with Crippen LogP contribution in [0.25, 0.3) is 0 Å². The van der Waals surface area contributed by atoms with Crippen molar-refractivity contribution >= 4 is 0 Å². The van der Waals surface area contributed by atoms with Gasteiger partial charge in [0.05, 0.1) is 12.0 Å². The average molecular weight is 148 g/mol. The van der Waals surface area contributed by atoms with Gasteiger partial charge in [0.2, 0.25) is 0 Å². The molecule has 0 aliphatic rings. The van der Waals surface area contributed by atoms with Crippen LogP contribution in [0.5, 0.6) is 5.75 Å². The van der Waals surface area contributed by atoms with E-state index in [0.717, 1.165) is 6.07 Å². The first kappa shape index (κ1) is 9.75. The normalized spacial score (nSPS) is 8.50. The second kappa shape index (κ2) is 3.81. The summed E-state index contributed by atoms with van der Waals surface area (Å²) in [6.45, 7) is 1.46. The number of aryl methyl sites for hydroxylation is 1. The molecule has 0 N–H and O–H groups in total. The van der Waals surface area contributed by atoms with Gasteiger partial charge in [-0.25, -0.2) is 0 Å². The maximum absolute atomic E-state index is 10.6. The third-order valence-corrected chi connectivity index (χ3v) is 1.01. The number of hydrogen-bond acceptors (Lipinski definition) is 3. The van der Waals surface area contributed by atoms with Crippen LogP contribution in [0.3, 0.4) is 0 Å². The largest absolute Gasteiger partial charge is 1.00 e. The predicted molar refractivity (Wildman–Crippen MR) is 29.2 cm³/mol. The molecule has 0 fully saturated rings. The average Bonchev–Trinajstić information content (AvgIpc) is 1.83. The van der Waals surface area contributed by atoms with Crippen LogP contribution in [0.1, 0.15) is 5.76 Å². The van der Waals surface area contributed by atoms with E-state index >= 15 is 0 Å². The molecule has 3 nitrogen and oxygen atoms in total. The van der Waals surface area contributed by atoms with Crippen molar-refractivity contribution in [2.24, 2.45) is 0 Å². The molecular weight excluding hydrogens is 143 g/mol. The molecular formula is C6H5NaO3. The standard InChI is InChI=1S/C6H6O3.Na/c1-4-6(8)5(7)2-3-9-4;/h2-3,8H,1H3;/q;+1/p-1. The van der Waals surface area contributed by atoms with Gasteiger partial charge in [-0.05, 0) is 12.7 Å². The van der Waals surface area contributed by atoms with Crippen LogP contribution in [-0.4, -0.2) is 0 Å². The Morgan fingerprint density at radius 1 is 1.60 bits per heavy atom. The van der Waals surface area contributed by atoms with Crippen LogP contribution in [0, 0.1) is 6.92 Å². The van der Waals surface area contributed by atoms with E-state index in [9.17, 15) is 9.90 Å². The van der Waals surface area contributed by atoms with Crippen molar-refractivity contribution in [2.75, 3.05) is 0 Å². The molecule has 0 amide bonds. The molecule has 0 saturated carbocycles. The zero-order chi connectivity index (χ0) is 6.85. The molecule has 0 spiro atoms. The Bertz CT molecular complexity index is 266. The van der Waals surface area contributed by atoms with Crippen LogP contribution >= 0.6 is 0 Å². The van der Waals surface area contributed by atoms with Crippen molar-refractivity contribution in [3.63, 3.8) is 0 Å². The number of hydrogen-bond donors (Lipinski definition) is 0. The zero-order valence-corrected chi connectivity index (χ0v) is 7.88. The van der Waals surface area contributed by atoms with Gasteiger partial charge in [0.25, 0.3) is 0 Å². The Hall–Kier alpha value is -0.250. The van der Waals surface area contributed by atoms with E-state index in [2.05, 4.69) is 4.42 Å². The minimum atomic E-state index is -0.558. The fourth-order valence-corrected chi connectivity index (χ4v) is 0.501. The van der Waals surface area contributed by atoms with Gasteiger partial charge in [0.1, 0.15) is 0 Å². The van der Waals surface area contributed by atoms with E-state index in [-0.39, 0.29) is 35.3 Å². The minimum absolute atomic E-state index is 0. The Kier molecular flexibility index (Phi) is 3.71. The summed E-state index contributed by atoms with van der Waals surface area (Å²) in [6, 6.07) is 1.11. The maximum atomic E-state index is 10.6. The van der Waals surface area contributed by atoms with Gasteiger partial charge in [0.15, 0.2) is 5.43 Å². The molecule has 4 heteroatoms. The van der Waals surface area contributed by atoms with E-state index in [4.69, 9.17) is 0 Å². The fourth-order valence-electron chi connectivity index (χ4n) is 0.501. The van der Waals surface area contributed by atoms with Gasteiger partial charge < -0.3 is 9.52 Å². The molecule has 1 rings (SSSR count). The van der Waals surface area contributed by atoms with Crippen LogP contribution in [-0.2, 0) is 0 Å². The molecule has 0 radical (unpaired) electrons. The van der Waals surface area contributed by atoms with Crippen LogP contribution in [0.2, 0.25) is 0 Å². The van der Waals surface area contributed by atoms with E-state index in [1.54, 1.807) is 0 Å². The third-order valence-electron chi connectivity index (χ3n) is 1.01. The Morgan fingerprint density at radius 3 is 2.60 bits per heavy atom. The quantitative estimate of drug-likeness (QED) is 0.369. The van der Waals surface area contributed by atoms with Gasteiger partial charge in [-0.1, -0.05) is 0 Å². The molecule has 48 valence electrons. The van der Waals surface area contributed by atoms with Gasteiger partial charge in [-0.3, -0.25) is 4.79 Å². The molecule has 0 aromatic carbocycles. The molecule has 0 bridgehead atoms. The Labute approximate surface area is 80.0 Å². The summed E-state index contributed by atoms with van der Waals surface area (Å²) < 4.78 is 4.63. The Morgan fingerprint density at radius 2 is 2.20 bits per heavy atom. The first-order valence-corrected chi connectivity index (χ1v) is 2.47. The predicted octanol–water partition coefficient (Wildman–Crippen LogP) is -2.97. The number of rotatable bonds is 0. The molecule has 0 saturated heterocycles. The topological polar surface area (TPSA) is 53.3 Å². The van der Waals surface area contributed by atoms with Crippen molar-refractivity contribution in [3.05, 3.63) is 28.3 Å². The van der Waals surface area contributed by atoms with Crippen molar-refractivity contribution < 1.29 is 39.1 Å². The molecule has 0 aliphatic heterocycles. The summed E-state index contributed by atoms with van der Waals surface area (Å²) in [7, 11) is 0. The third kappa shape index (κ3) is 1.87. The molecule has 0 unspecified atom stereocenters. The molecule has 1 aromatic heterocycles. The maximum Gasteiger partial charge on any atom is 1.00 e. The van der Waals surface area contributed by atoms with Crippen LogP contribution in [0.15, 0.2) is 21.5 Å². The van der Waals surface area contributed by atoms with Crippen molar-refractivity contribution in [1.82, 2.24) is 0 Å². The minimum Gasteiger partial charge on any atom is -0.868 e. The first-order chi connectivity index (χ1) is 4.22. The van der Waals surface area contributed by atoms with E-state index in [1.165, 1.54) is 13.2 Å². The SMILES string of the molecule is Cc1occc(=O)c1[O-].[Na+]. The summed E-state index contributed by atoms with van der Waals surface area (Å²) in [4.78, 5) is 10.5. The summed E-state index contributed by atoms with van der Waals surface area (Å²) >= 11 is 0. The van der Waals surface area contributed by atoms with Gasteiger partial charge in [0, 0.05) is 6.07 Å². The molecule has 0 atom stereocenters. The van der Waals surface area contributed by atoms with Crippen molar-refractivity contribution in [1.29, 1.82) is 0 Å². The smallest absolute Gasteiger partial charge is 0.868 e. The first-order valence-electron chi connectivity index (χ1n) is 2.47. The fraction of sp³-hybridized carbons (Fsp3) is 0.167. The molecule has 1 aromatic rings. The van der Waals surface area contributed by atoms with Gasteiger partial charge in [-0.2, -0.15) is 0 Å². The van der Waals surface area contributed by atoms with Gasteiger partial charge >= 0.3 is 29.6 Å². The summed E-state index contributed by atoms with van der Waals surface area (Å²) in [5, 5.41) is 10.6. The monoisotopic (exact) mass is 148 g/mol. The summed E-state index contributed by atoms with van der Waals surface area (Å²) in [6.07, 6.45) is 1.21. The molecule has 1 heterocycles. The van der Waals surface area contributed by atoms with Crippen LogP contribution < -0.4 is 40.1 Å². The van der Waals surface area contributed by atoms with E-state index in [0.29, 0.717) is 0 Å². The van der Waals surface area contributed by atoms with Crippen LogP contribution in [0.4, 0.5) is 0 Å². The van der Waals surface area contributed by atoms with Crippen molar-refractivity contribution in [3.8, 4) is 5.75 Å². The molecule has 0 aliphatic carbocycles. The van der Waals surface area contributed by atoms with Gasteiger partial charge in [-0.15, -0.1) is 0 Å². The van der Waals surface area contributed by atoms with Crippen molar-refractivity contribution in [2.45, 2.75) is 6.92 Å². The summed E-state index contributed by atoms with van der Waals surface area (Å²) in [5.41, 5.74) is -0.515. The zero-order valence-electron chi connectivity index (χ0n) is 5.88. The van der Waals surface area contributed by atoms with E-state index in [1.807, 2.05) is 0 Å². The second-order valence-corrected chi connectivity index (χ2v) is 1.67. The molecule has 10 heavy (non-hydrogen) atoms. The van der Waals surface area contributed by atoms with E-state index < -0.39 is 11.2 Å².